The number of rotatable bonds is 2. The van der Waals surface area contributed by atoms with Gasteiger partial charge in [-0.2, -0.15) is 0 Å². The van der Waals surface area contributed by atoms with Crippen molar-refractivity contribution in [2.45, 2.75) is 27.7 Å². The predicted octanol–water partition coefficient (Wildman–Crippen LogP) is 2.28. The summed E-state index contributed by atoms with van der Waals surface area (Å²) in [6.45, 7) is 6.72. The lowest BCUT2D eigenvalue weighted by atomic mass is 10.3. The SMILES string of the molecule is CC(=O)Nc1c(C)sc(C)c1NC(C)=O. The average molecular weight is 226 g/mol. The van der Waals surface area contributed by atoms with Crippen molar-refractivity contribution < 1.29 is 9.59 Å². The zero-order valence-electron chi connectivity index (χ0n) is 9.22. The number of amides is 2. The summed E-state index contributed by atoms with van der Waals surface area (Å²) in [5.74, 6) is -0.273. The fourth-order valence-electron chi connectivity index (χ4n) is 1.34. The molecule has 1 aromatic rings. The quantitative estimate of drug-likeness (QED) is 0.812. The molecule has 0 aliphatic heterocycles. The molecule has 5 heteroatoms. The summed E-state index contributed by atoms with van der Waals surface area (Å²) in [5, 5.41) is 5.45. The Morgan fingerprint density at radius 1 is 0.933 bits per heavy atom. The van der Waals surface area contributed by atoms with Gasteiger partial charge >= 0.3 is 0 Å². The molecule has 0 aliphatic carbocycles. The summed E-state index contributed by atoms with van der Waals surface area (Å²) in [5.41, 5.74) is 1.42. The molecule has 0 aliphatic rings. The van der Waals surface area contributed by atoms with Crippen LogP contribution in [-0.2, 0) is 9.59 Å². The molecule has 15 heavy (non-hydrogen) atoms. The van der Waals surface area contributed by atoms with Crippen molar-refractivity contribution in [3.8, 4) is 0 Å². The number of thiophene rings is 1. The Balaban J connectivity index is 3.10. The van der Waals surface area contributed by atoms with Crippen molar-refractivity contribution >= 4 is 34.5 Å². The Bertz CT molecular complexity index is 373. The first-order valence-corrected chi connectivity index (χ1v) is 5.38. The van der Waals surface area contributed by atoms with E-state index < -0.39 is 0 Å². The predicted molar refractivity (Wildman–Crippen MR) is 62.4 cm³/mol. The number of aryl methyl sites for hydroxylation is 2. The molecular weight excluding hydrogens is 212 g/mol. The second kappa shape index (κ2) is 4.44. The van der Waals surface area contributed by atoms with Crippen LogP contribution in [0.25, 0.3) is 0 Å². The van der Waals surface area contributed by atoms with Crippen molar-refractivity contribution in [1.29, 1.82) is 0 Å². The summed E-state index contributed by atoms with van der Waals surface area (Å²) in [6, 6.07) is 0. The van der Waals surface area contributed by atoms with Crippen molar-refractivity contribution in [3.63, 3.8) is 0 Å². The first kappa shape index (κ1) is 11.7. The van der Waals surface area contributed by atoms with Gasteiger partial charge in [0.2, 0.25) is 11.8 Å². The summed E-state index contributed by atoms with van der Waals surface area (Å²) in [7, 11) is 0. The number of carbonyl (C=O) groups excluding carboxylic acids is 2. The number of carbonyl (C=O) groups is 2. The lowest BCUT2D eigenvalue weighted by Gasteiger charge is -2.07. The van der Waals surface area contributed by atoms with Crippen molar-refractivity contribution in [3.05, 3.63) is 9.75 Å². The number of anilines is 2. The molecule has 0 radical (unpaired) electrons. The number of nitrogens with one attached hydrogen (secondary N) is 2. The molecule has 0 unspecified atom stereocenters. The van der Waals surface area contributed by atoms with E-state index in [4.69, 9.17) is 0 Å². The van der Waals surface area contributed by atoms with E-state index in [1.807, 2.05) is 13.8 Å². The Labute approximate surface area is 92.7 Å². The molecule has 4 nitrogen and oxygen atoms in total. The van der Waals surface area contributed by atoms with E-state index in [0.29, 0.717) is 11.4 Å². The highest BCUT2D eigenvalue weighted by Gasteiger charge is 2.14. The maximum absolute atomic E-state index is 11.0. The second-order valence-corrected chi connectivity index (χ2v) is 4.76. The fraction of sp³-hybridized carbons (Fsp3) is 0.400. The fourth-order valence-corrected chi connectivity index (χ4v) is 2.31. The van der Waals surface area contributed by atoms with Crippen LogP contribution in [0.4, 0.5) is 11.4 Å². The molecule has 1 aromatic heterocycles. The van der Waals surface area contributed by atoms with Gasteiger partial charge in [-0.1, -0.05) is 0 Å². The largest absolute Gasteiger partial charge is 0.324 e. The Kier molecular flexibility index (Phi) is 3.47. The van der Waals surface area contributed by atoms with Gasteiger partial charge in [0, 0.05) is 23.6 Å². The average Bonchev–Trinajstić information content (AvgIpc) is 2.30. The Morgan fingerprint density at radius 3 is 1.53 bits per heavy atom. The van der Waals surface area contributed by atoms with E-state index >= 15 is 0 Å². The molecule has 1 heterocycles. The minimum Gasteiger partial charge on any atom is -0.324 e. The van der Waals surface area contributed by atoms with Crippen molar-refractivity contribution in [2.75, 3.05) is 10.6 Å². The minimum absolute atomic E-state index is 0.137. The standard InChI is InChI=1S/C10H14N2O2S/c1-5-9(11-7(3)13)10(6(2)15-5)12-8(4)14/h1-4H3,(H,11,13)(H,12,14). The lowest BCUT2D eigenvalue weighted by Crippen LogP contribution is -2.11. The molecule has 0 spiro atoms. The number of hydrogen-bond donors (Lipinski definition) is 2. The van der Waals surface area contributed by atoms with E-state index in [-0.39, 0.29) is 11.8 Å². The van der Waals surface area contributed by atoms with Gasteiger partial charge in [-0.05, 0) is 13.8 Å². The minimum atomic E-state index is -0.137. The summed E-state index contributed by atoms with van der Waals surface area (Å²) in [6.07, 6.45) is 0. The highest BCUT2D eigenvalue weighted by molar-refractivity contribution is 7.13. The van der Waals surface area contributed by atoms with E-state index in [1.54, 1.807) is 11.3 Å². The summed E-state index contributed by atoms with van der Waals surface area (Å²) < 4.78 is 0. The maximum Gasteiger partial charge on any atom is 0.221 e. The molecule has 0 atom stereocenters. The van der Waals surface area contributed by atoms with Crippen LogP contribution >= 0.6 is 11.3 Å². The van der Waals surface area contributed by atoms with Crippen molar-refractivity contribution in [2.24, 2.45) is 0 Å². The van der Waals surface area contributed by atoms with E-state index in [9.17, 15) is 9.59 Å². The van der Waals surface area contributed by atoms with E-state index in [2.05, 4.69) is 10.6 Å². The lowest BCUT2D eigenvalue weighted by molar-refractivity contribution is -0.115. The molecule has 1 rings (SSSR count). The molecule has 0 fully saturated rings. The van der Waals surface area contributed by atoms with Gasteiger partial charge in [-0.3, -0.25) is 9.59 Å². The molecule has 0 aromatic carbocycles. The van der Waals surface area contributed by atoms with Gasteiger partial charge in [-0.15, -0.1) is 11.3 Å². The van der Waals surface area contributed by atoms with E-state index in [1.165, 1.54) is 13.8 Å². The zero-order chi connectivity index (χ0) is 11.6. The van der Waals surface area contributed by atoms with Gasteiger partial charge in [0.05, 0.1) is 11.4 Å². The summed E-state index contributed by atoms with van der Waals surface area (Å²) in [4.78, 5) is 24.0. The molecule has 82 valence electrons. The first-order valence-electron chi connectivity index (χ1n) is 4.57. The third-order valence-electron chi connectivity index (χ3n) is 1.86. The molecule has 0 saturated carbocycles. The first-order chi connectivity index (χ1) is 6.91. The van der Waals surface area contributed by atoms with Gasteiger partial charge in [-0.25, -0.2) is 0 Å². The Morgan fingerprint density at radius 2 is 1.27 bits per heavy atom. The second-order valence-electron chi connectivity index (χ2n) is 3.33. The molecular formula is C10H14N2O2S. The summed E-state index contributed by atoms with van der Waals surface area (Å²) >= 11 is 1.55. The third kappa shape index (κ3) is 2.79. The highest BCUT2D eigenvalue weighted by atomic mass is 32.1. The van der Waals surface area contributed by atoms with Gasteiger partial charge < -0.3 is 10.6 Å². The number of hydrogen-bond acceptors (Lipinski definition) is 3. The molecule has 2 N–H and O–H groups in total. The molecule has 0 bridgehead atoms. The maximum atomic E-state index is 11.0. The normalized spacial score (nSPS) is 9.87. The molecule has 0 saturated heterocycles. The van der Waals surface area contributed by atoms with Crippen LogP contribution < -0.4 is 10.6 Å². The van der Waals surface area contributed by atoms with Crippen LogP contribution in [0.2, 0.25) is 0 Å². The smallest absolute Gasteiger partial charge is 0.221 e. The van der Waals surface area contributed by atoms with Crippen LogP contribution in [0.5, 0.6) is 0 Å². The van der Waals surface area contributed by atoms with Gasteiger partial charge in [0.15, 0.2) is 0 Å². The monoisotopic (exact) mass is 226 g/mol. The topological polar surface area (TPSA) is 58.2 Å². The third-order valence-corrected chi connectivity index (χ3v) is 2.88. The van der Waals surface area contributed by atoms with Crippen LogP contribution in [0.1, 0.15) is 23.6 Å². The van der Waals surface area contributed by atoms with Crippen LogP contribution in [0.3, 0.4) is 0 Å². The van der Waals surface area contributed by atoms with E-state index in [0.717, 1.165) is 9.75 Å². The van der Waals surface area contributed by atoms with Crippen LogP contribution in [0.15, 0.2) is 0 Å². The molecule has 2 amide bonds. The Hall–Kier alpha value is -1.36. The van der Waals surface area contributed by atoms with Crippen molar-refractivity contribution in [1.82, 2.24) is 0 Å². The zero-order valence-corrected chi connectivity index (χ0v) is 10.0. The van der Waals surface area contributed by atoms with Gasteiger partial charge in [0.25, 0.3) is 0 Å². The van der Waals surface area contributed by atoms with Crippen LogP contribution in [0, 0.1) is 13.8 Å². The van der Waals surface area contributed by atoms with Crippen LogP contribution in [-0.4, -0.2) is 11.8 Å². The highest BCUT2D eigenvalue weighted by Crippen LogP contribution is 2.36. The van der Waals surface area contributed by atoms with Gasteiger partial charge in [0.1, 0.15) is 0 Å².